The highest BCUT2D eigenvalue weighted by Crippen LogP contribution is 2.16. The fourth-order valence-corrected chi connectivity index (χ4v) is 2.15. The van der Waals surface area contributed by atoms with E-state index in [4.69, 9.17) is 4.42 Å². The van der Waals surface area contributed by atoms with Gasteiger partial charge in [-0.1, -0.05) is 0 Å². The molecule has 7 heteroatoms. The summed E-state index contributed by atoms with van der Waals surface area (Å²) in [6.07, 6.45) is 3.21. The molecule has 23 heavy (non-hydrogen) atoms. The van der Waals surface area contributed by atoms with Gasteiger partial charge in [0.15, 0.2) is 11.4 Å². The van der Waals surface area contributed by atoms with Crippen molar-refractivity contribution in [3.8, 4) is 0 Å². The van der Waals surface area contributed by atoms with E-state index in [1.54, 1.807) is 36.5 Å². The van der Waals surface area contributed by atoms with Gasteiger partial charge in [-0.25, -0.2) is 4.79 Å². The number of carbonyl (C=O) groups is 2. The highest BCUT2D eigenvalue weighted by molar-refractivity contribution is 6.00. The Labute approximate surface area is 130 Å². The van der Waals surface area contributed by atoms with Crippen molar-refractivity contribution in [2.24, 2.45) is 0 Å². The number of nitrogens with one attached hydrogen (secondary N) is 2. The maximum atomic E-state index is 11.9. The molecule has 0 fully saturated rings. The first kappa shape index (κ1) is 14.7. The van der Waals surface area contributed by atoms with Crippen LogP contribution in [0.2, 0.25) is 0 Å². The summed E-state index contributed by atoms with van der Waals surface area (Å²) >= 11 is 0. The Bertz CT molecular complexity index is 912. The van der Waals surface area contributed by atoms with Gasteiger partial charge >= 0.3 is 5.76 Å². The molecule has 0 aliphatic rings. The lowest BCUT2D eigenvalue weighted by atomic mass is 10.1. The first-order chi connectivity index (χ1) is 11.1. The number of ketones is 1. The Hall–Kier alpha value is -3.22. The normalized spacial score (nSPS) is 10.6. The van der Waals surface area contributed by atoms with Crippen molar-refractivity contribution >= 4 is 28.5 Å². The molecule has 0 aliphatic heterocycles. The number of rotatable bonds is 5. The van der Waals surface area contributed by atoms with Gasteiger partial charge in [-0.2, -0.15) is 0 Å². The average molecular weight is 311 g/mol. The van der Waals surface area contributed by atoms with Crippen LogP contribution >= 0.6 is 0 Å². The number of fused-ring (bicyclic) bond motifs is 1. The number of anilines is 1. The highest BCUT2D eigenvalue weighted by atomic mass is 16.4. The minimum absolute atomic E-state index is 0.0584. The van der Waals surface area contributed by atoms with Gasteiger partial charge in [0.1, 0.15) is 0 Å². The molecule has 2 aromatic heterocycles. The van der Waals surface area contributed by atoms with E-state index in [-0.39, 0.29) is 24.5 Å². The maximum absolute atomic E-state index is 11.9. The Morgan fingerprint density at radius 3 is 2.87 bits per heavy atom. The lowest BCUT2D eigenvalue weighted by molar-refractivity contribution is -0.116. The number of pyridine rings is 1. The second-order valence-electron chi connectivity index (χ2n) is 4.94. The van der Waals surface area contributed by atoms with Crippen molar-refractivity contribution in [2.45, 2.75) is 12.8 Å². The van der Waals surface area contributed by atoms with Crippen molar-refractivity contribution in [1.82, 2.24) is 9.97 Å². The molecule has 1 amide bonds. The lowest BCUT2D eigenvalue weighted by Gasteiger charge is -2.04. The standard InChI is InChI=1S/C16H13N3O4/c20-13(10-2-1-7-17-9-10)5-6-15(21)18-11-3-4-12-14(8-11)23-16(22)19-12/h1-4,7-9H,5-6H2,(H,18,21)(H,19,22). The molecule has 0 atom stereocenters. The highest BCUT2D eigenvalue weighted by Gasteiger charge is 2.10. The van der Waals surface area contributed by atoms with Crippen LogP contribution in [0.25, 0.3) is 11.1 Å². The van der Waals surface area contributed by atoms with E-state index in [0.717, 1.165) is 0 Å². The molecule has 3 aromatic rings. The molecule has 0 radical (unpaired) electrons. The molecule has 0 bridgehead atoms. The van der Waals surface area contributed by atoms with Gasteiger partial charge in [0.2, 0.25) is 5.91 Å². The van der Waals surface area contributed by atoms with Crippen LogP contribution in [-0.4, -0.2) is 21.7 Å². The summed E-state index contributed by atoms with van der Waals surface area (Å²) in [4.78, 5) is 41.3. The van der Waals surface area contributed by atoms with Gasteiger partial charge in [-0.3, -0.25) is 19.6 Å². The first-order valence-electron chi connectivity index (χ1n) is 6.98. The summed E-state index contributed by atoms with van der Waals surface area (Å²) in [5, 5.41) is 2.67. The molecule has 0 spiro atoms. The van der Waals surface area contributed by atoms with Crippen LogP contribution < -0.4 is 11.1 Å². The first-order valence-corrected chi connectivity index (χ1v) is 6.98. The van der Waals surface area contributed by atoms with Crippen molar-refractivity contribution in [3.63, 3.8) is 0 Å². The topological polar surface area (TPSA) is 105 Å². The van der Waals surface area contributed by atoms with Crippen LogP contribution in [0.5, 0.6) is 0 Å². The predicted molar refractivity (Wildman–Crippen MR) is 83.3 cm³/mol. The second-order valence-corrected chi connectivity index (χ2v) is 4.94. The smallest absolute Gasteiger partial charge is 0.408 e. The molecule has 3 rings (SSSR count). The summed E-state index contributed by atoms with van der Waals surface area (Å²) < 4.78 is 4.92. The van der Waals surface area contributed by atoms with Gasteiger partial charge < -0.3 is 9.73 Å². The van der Waals surface area contributed by atoms with Crippen LogP contribution in [0.3, 0.4) is 0 Å². The van der Waals surface area contributed by atoms with Crippen LogP contribution in [0.4, 0.5) is 5.69 Å². The number of amides is 1. The number of Topliss-reactive ketones (excluding diaryl/α,β-unsaturated/α-hetero) is 1. The molecular weight excluding hydrogens is 298 g/mol. The average Bonchev–Trinajstić information content (AvgIpc) is 2.92. The van der Waals surface area contributed by atoms with E-state index < -0.39 is 5.76 Å². The Morgan fingerprint density at radius 1 is 1.22 bits per heavy atom. The number of oxazole rings is 1. The number of carbonyl (C=O) groups excluding carboxylic acids is 2. The van der Waals surface area contributed by atoms with E-state index in [9.17, 15) is 14.4 Å². The van der Waals surface area contributed by atoms with Crippen LogP contribution in [0.15, 0.2) is 51.9 Å². The molecule has 0 saturated heterocycles. The third-order valence-corrected chi connectivity index (χ3v) is 3.27. The third-order valence-electron chi connectivity index (χ3n) is 3.27. The Morgan fingerprint density at radius 2 is 2.09 bits per heavy atom. The zero-order valence-electron chi connectivity index (χ0n) is 12.0. The molecule has 1 aromatic carbocycles. The molecule has 0 aliphatic carbocycles. The SMILES string of the molecule is O=C(CCC(=O)c1cccnc1)Nc1ccc2[nH]c(=O)oc2c1. The van der Waals surface area contributed by atoms with Crippen LogP contribution in [-0.2, 0) is 4.79 Å². The quantitative estimate of drug-likeness (QED) is 0.702. The summed E-state index contributed by atoms with van der Waals surface area (Å²) in [7, 11) is 0. The largest absolute Gasteiger partial charge is 0.417 e. The minimum Gasteiger partial charge on any atom is -0.408 e. The third kappa shape index (κ3) is 3.52. The van der Waals surface area contributed by atoms with Crippen molar-refractivity contribution in [3.05, 3.63) is 58.8 Å². The van der Waals surface area contributed by atoms with E-state index in [2.05, 4.69) is 15.3 Å². The van der Waals surface area contributed by atoms with Gasteiger partial charge in [-0.15, -0.1) is 0 Å². The Kier molecular flexibility index (Phi) is 4.01. The van der Waals surface area contributed by atoms with Crippen molar-refractivity contribution in [2.75, 3.05) is 5.32 Å². The number of aromatic amines is 1. The predicted octanol–water partition coefficient (Wildman–Crippen LogP) is 2.12. The minimum atomic E-state index is -0.550. The number of hydrogen-bond donors (Lipinski definition) is 2. The number of aromatic nitrogens is 2. The second kappa shape index (κ2) is 6.27. The molecule has 0 unspecified atom stereocenters. The van der Waals surface area contributed by atoms with E-state index in [1.165, 1.54) is 6.20 Å². The summed E-state index contributed by atoms with van der Waals surface area (Å²) in [5.74, 6) is -0.981. The molecule has 2 heterocycles. The van der Waals surface area contributed by atoms with Crippen molar-refractivity contribution < 1.29 is 14.0 Å². The molecule has 2 N–H and O–H groups in total. The van der Waals surface area contributed by atoms with Gasteiger partial charge in [0, 0.05) is 42.6 Å². The lowest BCUT2D eigenvalue weighted by Crippen LogP contribution is -2.13. The van der Waals surface area contributed by atoms with Gasteiger partial charge in [0.25, 0.3) is 0 Å². The van der Waals surface area contributed by atoms with Crippen LogP contribution in [0.1, 0.15) is 23.2 Å². The summed E-state index contributed by atoms with van der Waals surface area (Å²) in [6, 6.07) is 8.17. The van der Waals surface area contributed by atoms with E-state index in [1.807, 2.05) is 0 Å². The van der Waals surface area contributed by atoms with E-state index >= 15 is 0 Å². The van der Waals surface area contributed by atoms with Gasteiger partial charge in [0.05, 0.1) is 5.52 Å². The van der Waals surface area contributed by atoms with Crippen LogP contribution in [0, 0.1) is 0 Å². The summed E-state index contributed by atoms with van der Waals surface area (Å²) in [5.41, 5.74) is 1.90. The van der Waals surface area contributed by atoms with Gasteiger partial charge in [-0.05, 0) is 24.3 Å². The zero-order chi connectivity index (χ0) is 16.2. The van der Waals surface area contributed by atoms with E-state index in [0.29, 0.717) is 22.4 Å². The fraction of sp³-hybridized carbons (Fsp3) is 0.125. The molecule has 0 saturated carbocycles. The molecular formula is C16H13N3O4. The number of hydrogen-bond acceptors (Lipinski definition) is 5. The molecule has 116 valence electrons. The fourth-order valence-electron chi connectivity index (χ4n) is 2.15. The number of H-pyrrole nitrogens is 1. The van der Waals surface area contributed by atoms with Crippen molar-refractivity contribution in [1.29, 1.82) is 0 Å². The number of benzene rings is 1. The Balaban J connectivity index is 1.60. The number of nitrogens with zero attached hydrogens (tertiary/aromatic N) is 1. The monoisotopic (exact) mass is 311 g/mol. The molecule has 7 nitrogen and oxygen atoms in total. The maximum Gasteiger partial charge on any atom is 0.417 e. The summed E-state index contributed by atoms with van der Waals surface area (Å²) in [6.45, 7) is 0. The zero-order valence-corrected chi connectivity index (χ0v) is 12.0.